The first kappa shape index (κ1) is 19.9. The molecule has 0 bridgehead atoms. The van der Waals surface area contributed by atoms with Gasteiger partial charge in [0.25, 0.3) is 0 Å². The predicted octanol–water partition coefficient (Wildman–Crippen LogP) is 3.98. The van der Waals surface area contributed by atoms with Crippen molar-refractivity contribution in [2.24, 2.45) is 5.92 Å². The molecule has 1 heterocycles. The largest absolute Gasteiger partial charge is 0.495 e. The number of nitriles is 1. The lowest BCUT2D eigenvalue weighted by Gasteiger charge is -2.34. The Balaban J connectivity index is 1.82. The molecular formula is C20H28N2O4. The molecule has 2 rings (SSSR count). The number of hydrogen-bond acceptors (Lipinski definition) is 5. The lowest BCUT2D eigenvalue weighted by atomic mass is 9.95. The van der Waals surface area contributed by atoms with E-state index in [9.17, 15) is 4.79 Å². The van der Waals surface area contributed by atoms with Gasteiger partial charge in [-0.3, -0.25) is 0 Å². The molecule has 142 valence electrons. The van der Waals surface area contributed by atoms with Gasteiger partial charge in [0.2, 0.25) is 0 Å². The number of nitrogens with zero attached hydrogens (tertiary/aromatic N) is 2. The van der Waals surface area contributed by atoms with Crippen molar-refractivity contribution in [2.75, 3.05) is 26.8 Å². The fraction of sp³-hybridized carbons (Fsp3) is 0.600. The van der Waals surface area contributed by atoms with Crippen molar-refractivity contribution >= 4 is 6.09 Å². The number of amides is 1. The minimum absolute atomic E-state index is 0.239. The van der Waals surface area contributed by atoms with E-state index in [-0.39, 0.29) is 6.09 Å². The van der Waals surface area contributed by atoms with E-state index in [2.05, 4.69) is 6.07 Å². The third-order valence-electron chi connectivity index (χ3n) is 4.26. The molecule has 0 radical (unpaired) electrons. The number of carbonyl (C=O) groups excluding carboxylic acids is 1. The zero-order valence-corrected chi connectivity index (χ0v) is 16.1. The molecule has 1 aliphatic heterocycles. The van der Waals surface area contributed by atoms with Crippen LogP contribution in [-0.2, 0) is 4.74 Å². The molecule has 0 aromatic heterocycles. The molecule has 0 N–H and O–H groups in total. The molecule has 1 amide bonds. The number of hydrogen-bond donors (Lipinski definition) is 0. The van der Waals surface area contributed by atoms with E-state index in [1.54, 1.807) is 23.1 Å². The van der Waals surface area contributed by atoms with Gasteiger partial charge in [-0.15, -0.1) is 0 Å². The van der Waals surface area contributed by atoms with Crippen LogP contribution in [0, 0.1) is 17.2 Å². The summed E-state index contributed by atoms with van der Waals surface area (Å²) in [5.74, 6) is 1.59. The van der Waals surface area contributed by atoms with E-state index in [0.29, 0.717) is 36.1 Å². The molecule has 1 atom stereocenters. The van der Waals surface area contributed by atoms with E-state index in [1.807, 2.05) is 20.8 Å². The van der Waals surface area contributed by atoms with Crippen molar-refractivity contribution in [3.8, 4) is 17.6 Å². The summed E-state index contributed by atoms with van der Waals surface area (Å²) in [6, 6.07) is 7.32. The zero-order valence-electron chi connectivity index (χ0n) is 16.1. The van der Waals surface area contributed by atoms with Crippen LogP contribution in [0.2, 0.25) is 0 Å². The summed E-state index contributed by atoms with van der Waals surface area (Å²) in [6.45, 7) is 7.63. The lowest BCUT2D eigenvalue weighted by molar-refractivity contribution is 0.0154. The first-order chi connectivity index (χ1) is 12.3. The van der Waals surface area contributed by atoms with Gasteiger partial charge in [-0.2, -0.15) is 5.26 Å². The molecule has 1 aromatic rings. The number of likely N-dealkylation sites (tertiary alicyclic amines) is 1. The Bertz CT molecular complexity index is 661. The second kappa shape index (κ2) is 8.79. The number of carbonyl (C=O) groups is 1. The Morgan fingerprint density at radius 3 is 2.81 bits per heavy atom. The summed E-state index contributed by atoms with van der Waals surface area (Å²) in [5, 5.41) is 9.13. The zero-order chi connectivity index (χ0) is 19.2. The van der Waals surface area contributed by atoms with Crippen molar-refractivity contribution in [1.29, 1.82) is 5.26 Å². The van der Waals surface area contributed by atoms with Gasteiger partial charge in [0.15, 0.2) is 0 Å². The average Bonchev–Trinajstić information content (AvgIpc) is 2.60. The van der Waals surface area contributed by atoms with Gasteiger partial charge in [-0.1, -0.05) is 0 Å². The van der Waals surface area contributed by atoms with Gasteiger partial charge in [-0.25, -0.2) is 4.79 Å². The second-order valence-electron chi connectivity index (χ2n) is 7.55. The Morgan fingerprint density at radius 2 is 2.15 bits per heavy atom. The minimum atomic E-state index is -0.472. The van der Waals surface area contributed by atoms with Crippen LogP contribution in [0.4, 0.5) is 4.79 Å². The van der Waals surface area contributed by atoms with E-state index in [0.717, 1.165) is 25.8 Å². The summed E-state index contributed by atoms with van der Waals surface area (Å²) in [7, 11) is 1.54. The van der Waals surface area contributed by atoms with Crippen LogP contribution in [0.15, 0.2) is 18.2 Å². The van der Waals surface area contributed by atoms with Crippen LogP contribution in [0.25, 0.3) is 0 Å². The van der Waals surface area contributed by atoms with Crippen LogP contribution in [-0.4, -0.2) is 43.4 Å². The van der Waals surface area contributed by atoms with Gasteiger partial charge < -0.3 is 19.1 Å². The maximum Gasteiger partial charge on any atom is 0.410 e. The van der Waals surface area contributed by atoms with E-state index >= 15 is 0 Å². The third kappa shape index (κ3) is 5.83. The van der Waals surface area contributed by atoms with Crippen molar-refractivity contribution in [1.82, 2.24) is 4.90 Å². The number of ether oxygens (including phenoxy) is 3. The van der Waals surface area contributed by atoms with Crippen LogP contribution in [0.3, 0.4) is 0 Å². The van der Waals surface area contributed by atoms with Crippen LogP contribution in [0.1, 0.15) is 45.6 Å². The maximum absolute atomic E-state index is 12.2. The molecule has 1 saturated heterocycles. The van der Waals surface area contributed by atoms with Crippen molar-refractivity contribution in [3.63, 3.8) is 0 Å². The average molecular weight is 360 g/mol. The first-order valence-corrected chi connectivity index (χ1v) is 9.01. The molecule has 6 nitrogen and oxygen atoms in total. The summed E-state index contributed by atoms with van der Waals surface area (Å²) in [5.41, 5.74) is -0.0151. The highest BCUT2D eigenvalue weighted by molar-refractivity contribution is 5.68. The van der Waals surface area contributed by atoms with Gasteiger partial charge in [0, 0.05) is 19.2 Å². The van der Waals surface area contributed by atoms with Crippen LogP contribution in [0.5, 0.6) is 11.5 Å². The quantitative estimate of drug-likeness (QED) is 0.794. The number of piperidine rings is 1. The van der Waals surface area contributed by atoms with Crippen LogP contribution >= 0.6 is 0 Å². The van der Waals surface area contributed by atoms with Crippen LogP contribution < -0.4 is 9.47 Å². The SMILES string of the molecule is COc1ccc(OCCC2CCCN(C(=O)OC(C)(C)C)C2)cc1C#N. The lowest BCUT2D eigenvalue weighted by Crippen LogP contribution is -2.43. The third-order valence-corrected chi connectivity index (χ3v) is 4.26. The molecule has 1 fully saturated rings. The smallest absolute Gasteiger partial charge is 0.410 e. The monoisotopic (exact) mass is 360 g/mol. The molecule has 1 aliphatic rings. The van der Waals surface area contributed by atoms with Crippen molar-refractivity contribution in [2.45, 2.75) is 45.6 Å². The predicted molar refractivity (Wildman–Crippen MR) is 98.4 cm³/mol. The molecule has 0 saturated carbocycles. The Kier molecular flexibility index (Phi) is 6.73. The van der Waals surface area contributed by atoms with Gasteiger partial charge in [0.1, 0.15) is 23.2 Å². The molecule has 0 spiro atoms. The standard InChI is InChI=1S/C20H28N2O4/c1-20(2,3)26-19(23)22-10-5-6-15(14-22)9-11-25-17-7-8-18(24-4)16(12-17)13-21/h7-8,12,15H,5-6,9-11,14H2,1-4H3. The summed E-state index contributed by atoms with van der Waals surface area (Å²) >= 11 is 0. The second-order valence-corrected chi connectivity index (χ2v) is 7.55. The van der Waals surface area contributed by atoms with Gasteiger partial charge >= 0.3 is 6.09 Å². The molecule has 0 aliphatic carbocycles. The molecule has 6 heteroatoms. The van der Waals surface area contributed by atoms with Gasteiger partial charge in [-0.05, 0) is 58.1 Å². The summed E-state index contributed by atoms with van der Waals surface area (Å²) in [6.07, 6.45) is 2.67. The van der Waals surface area contributed by atoms with Crippen molar-refractivity contribution < 1.29 is 19.0 Å². The fourth-order valence-electron chi connectivity index (χ4n) is 3.00. The number of rotatable bonds is 5. The number of benzene rings is 1. The molecule has 1 aromatic carbocycles. The summed E-state index contributed by atoms with van der Waals surface area (Å²) < 4.78 is 16.4. The topological polar surface area (TPSA) is 71.8 Å². The first-order valence-electron chi connectivity index (χ1n) is 9.01. The normalized spacial score (nSPS) is 17.3. The highest BCUT2D eigenvalue weighted by atomic mass is 16.6. The van der Waals surface area contributed by atoms with E-state index in [1.165, 1.54) is 7.11 Å². The molecule has 26 heavy (non-hydrogen) atoms. The Hall–Kier alpha value is -2.42. The van der Waals surface area contributed by atoms with Crippen molar-refractivity contribution in [3.05, 3.63) is 23.8 Å². The number of methoxy groups -OCH3 is 1. The molecular weight excluding hydrogens is 332 g/mol. The Labute approximate surface area is 155 Å². The highest BCUT2D eigenvalue weighted by Crippen LogP contribution is 2.25. The van der Waals surface area contributed by atoms with E-state index < -0.39 is 5.60 Å². The maximum atomic E-state index is 12.2. The van der Waals surface area contributed by atoms with Gasteiger partial charge in [0.05, 0.1) is 19.3 Å². The fourth-order valence-corrected chi connectivity index (χ4v) is 3.00. The highest BCUT2D eigenvalue weighted by Gasteiger charge is 2.27. The van der Waals surface area contributed by atoms with E-state index in [4.69, 9.17) is 19.5 Å². The molecule has 1 unspecified atom stereocenters. The Morgan fingerprint density at radius 1 is 1.38 bits per heavy atom. The minimum Gasteiger partial charge on any atom is -0.495 e. The summed E-state index contributed by atoms with van der Waals surface area (Å²) in [4.78, 5) is 14.0.